The Morgan fingerprint density at radius 1 is 1.35 bits per heavy atom. The minimum atomic E-state index is 0.741. The topological polar surface area (TPSA) is 29.9 Å². The van der Waals surface area contributed by atoms with Crippen LogP contribution in [0.1, 0.15) is 31.9 Å². The van der Waals surface area contributed by atoms with Crippen LogP contribution in [0.4, 0.5) is 0 Å². The first-order chi connectivity index (χ1) is 8.38. The van der Waals surface area contributed by atoms with Crippen LogP contribution in [0.3, 0.4) is 0 Å². The predicted molar refractivity (Wildman–Crippen MR) is 69.9 cm³/mol. The molecule has 0 saturated heterocycles. The SMILES string of the molecule is CCCn1nc(CNC2CC2)c2ccccc21. The van der Waals surface area contributed by atoms with Crippen molar-refractivity contribution in [3.05, 3.63) is 30.0 Å². The Bertz CT molecular complexity index is 511. The first kappa shape index (κ1) is 10.8. The second-order valence-electron chi connectivity index (χ2n) is 4.84. The van der Waals surface area contributed by atoms with Crippen LogP contribution in [-0.2, 0) is 13.1 Å². The lowest BCUT2D eigenvalue weighted by atomic mass is 10.2. The third-order valence-corrected chi connectivity index (χ3v) is 3.31. The van der Waals surface area contributed by atoms with Gasteiger partial charge < -0.3 is 5.32 Å². The maximum absolute atomic E-state index is 4.73. The molecule has 3 nitrogen and oxygen atoms in total. The molecule has 0 bridgehead atoms. The zero-order valence-corrected chi connectivity index (χ0v) is 10.3. The van der Waals surface area contributed by atoms with Gasteiger partial charge in [0, 0.05) is 24.5 Å². The standard InChI is InChI=1S/C14H19N3/c1-2-9-17-14-6-4-3-5-12(14)13(16-17)10-15-11-7-8-11/h3-6,11,15H,2,7-10H2,1H3. The highest BCUT2D eigenvalue weighted by atomic mass is 15.3. The van der Waals surface area contributed by atoms with E-state index in [4.69, 9.17) is 5.10 Å². The highest BCUT2D eigenvalue weighted by Crippen LogP contribution is 2.22. The summed E-state index contributed by atoms with van der Waals surface area (Å²) in [7, 11) is 0. The number of fused-ring (bicyclic) bond motifs is 1. The molecule has 0 amide bonds. The fraction of sp³-hybridized carbons (Fsp3) is 0.500. The van der Waals surface area contributed by atoms with Gasteiger partial charge in [-0.25, -0.2) is 0 Å². The molecule has 1 aromatic carbocycles. The molecule has 0 aliphatic heterocycles. The molecule has 1 N–H and O–H groups in total. The summed E-state index contributed by atoms with van der Waals surface area (Å²) >= 11 is 0. The summed E-state index contributed by atoms with van der Waals surface area (Å²) in [6.07, 6.45) is 3.78. The molecule has 2 aromatic rings. The van der Waals surface area contributed by atoms with Crippen molar-refractivity contribution < 1.29 is 0 Å². The Kier molecular flexibility index (Phi) is 2.85. The number of rotatable bonds is 5. The summed E-state index contributed by atoms with van der Waals surface area (Å²) in [6, 6.07) is 9.27. The lowest BCUT2D eigenvalue weighted by Crippen LogP contribution is -2.16. The smallest absolute Gasteiger partial charge is 0.0841 e. The molecule has 3 rings (SSSR count). The van der Waals surface area contributed by atoms with Crippen LogP contribution in [-0.4, -0.2) is 15.8 Å². The van der Waals surface area contributed by atoms with E-state index >= 15 is 0 Å². The first-order valence-electron chi connectivity index (χ1n) is 6.56. The monoisotopic (exact) mass is 229 g/mol. The maximum Gasteiger partial charge on any atom is 0.0841 e. The Morgan fingerprint density at radius 2 is 2.18 bits per heavy atom. The van der Waals surface area contributed by atoms with E-state index in [1.165, 1.54) is 29.4 Å². The Morgan fingerprint density at radius 3 is 2.94 bits per heavy atom. The van der Waals surface area contributed by atoms with E-state index in [0.717, 1.165) is 25.6 Å². The quantitative estimate of drug-likeness (QED) is 0.854. The van der Waals surface area contributed by atoms with E-state index in [0.29, 0.717) is 0 Å². The number of hydrogen-bond donors (Lipinski definition) is 1. The number of nitrogens with zero attached hydrogens (tertiary/aromatic N) is 2. The molecule has 1 aliphatic rings. The predicted octanol–water partition coefficient (Wildman–Crippen LogP) is 2.70. The normalized spacial score (nSPS) is 15.6. The van der Waals surface area contributed by atoms with Crippen LogP contribution in [0.15, 0.2) is 24.3 Å². The molecular formula is C14H19N3. The van der Waals surface area contributed by atoms with Crippen LogP contribution in [0.5, 0.6) is 0 Å². The number of aryl methyl sites for hydroxylation is 1. The molecule has 90 valence electrons. The lowest BCUT2D eigenvalue weighted by Gasteiger charge is -1.99. The van der Waals surface area contributed by atoms with Gasteiger partial charge in [-0.15, -0.1) is 0 Å². The van der Waals surface area contributed by atoms with Crippen LogP contribution in [0.2, 0.25) is 0 Å². The van der Waals surface area contributed by atoms with Gasteiger partial charge in [0.05, 0.1) is 11.2 Å². The van der Waals surface area contributed by atoms with Gasteiger partial charge in [0.15, 0.2) is 0 Å². The van der Waals surface area contributed by atoms with Crippen molar-refractivity contribution in [3.63, 3.8) is 0 Å². The van der Waals surface area contributed by atoms with Crippen LogP contribution >= 0.6 is 0 Å². The second kappa shape index (κ2) is 4.49. The van der Waals surface area contributed by atoms with Crippen LogP contribution in [0.25, 0.3) is 10.9 Å². The number of nitrogens with one attached hydrogen (secondary N) is 1. The fourth-order valence-corrected chi connectivity index (χ4v) is 2.24. The summed E-state index contributed by atoms with van der Waals surface area (Å²) in [5.41, 5.74) is 2.46. The van der Waals surface area contributed by atoms with Gasteiger partial charge in [0.1, 0.15) is 0 Å². The molecule has 0 unspecified atom stereocenters. The van der Waals surface area contributed by atoms with Crippen molar-refractivity contribution in [2.45, 2.75) is 45.3 Å². The number of aromatic nitrogens is 2. The van der Waals surface area contributed by atoms with Gasteiger partial charge in [0.25, 0.3) is 0 Å². The zero-order chi connectivity index (χ0) is 11.7. The summed E-state index contributed by atoms with van der Waals surface area (Å²) < 4.78 is 2.14. The molecule has 1 saturated carbocycles. The van der Waals surface area contributed by atoms with Gasteiger partial charge in [-0.2, -0.15) is 5.10 Å². The van der Waals surface area contributed by atoms with Gasteiger partial charge in [-0.3, -0.25) is 4.68 Å². The summed E-state index contributed by atoms with van der Waals surface area (Å²) in [5, 5.41) is 9.58. The largest absolute Gasteiger partial charge is 0.308 e. The Balaban J connectivity index is 1.92. The average Bonchev–Trinajstić information content (AvgIpc) is 3.12. The van der Waals surface area contributed by atoms with E-state index in [-0.39, 0.29) is 0 Å². The Labute approximate surface area is 102 Å². The molecule has 17 heavy (non-hydrogen) atoms. The van der Waals surface area contributed by atoms with E-state index in [1.54, 1.807) is 0 Å². The highest BCUT2D eigenvalue weighted by Gasteiger charge is 2.21. The molecule has 0 radical (unpaired) electrons. The zero-order valence-electron chi connectivity index (χ0n) is 10.3. The third-order valence-electron chi connectivity index (χ3n) is 3.31. The van der Waals surface area contributed by atoms with Crippen LogP contribution in [0, 0.1) is 0 Å². The molecular weight excluding hydrogens is 210 g/mol. The van der Waals surface area contributed by atoms with Gasteiger partial charge in [0.2, 0.25) is 0 Å². The van der Waals surface area contributed by atoms with Crippen molar-refractivity contribution in [1.82, 2.24) is 15.1 Å². The first-order valence-corrected chi connectivity index (χ1v) is 6.56. The molecule has 1 heterocycles. The number of para-hydroxylation sites is 1. The Hall–Kier alpha value is -1.35. The van der Waals surface area contributed by atoms with Crippen LogP contribution < -0.4 is 5.32 Å². The minimum absolute atomic E-state index is 0.741. The van der Waals surface area contributed by atoms with E-state index in [1.807, 2.05) is 0 Å². The van der Waals surface area contributed by atoms with Crippen molar-refractivity contribution >= 4 is 10.9 Å². The third kappa shape index (κ3) is 2.20. The maximum atomic E-state index is 4.73. The van der Waals surface area contributed by atoms with Gasteiger partial charge in [-0.1, -0.05) is 25.1 Å². The van der Waals surface area contributed by atoms with Gasteiger partial charge in [-0.05, 0) is 25.3 Å². The highest BCUT2D eigenvalue weighted by molar-refractivity contribution is 5.81. The number of benzene rings is 1. The van der Waals surface area contributed by atoms with Crippen molar-refractivity contribution in [2.24, 2.45) is 0 Å². The second-order valence-corrected chi connectivity index (χ2v) is 4.84. The average molecular weight is 229 g/mol. The lowest BCUT2D eigenvalue weighted by molar-refractivity contribution is 0.596. The van der Waals surface area contributed by atoms with Crippen molar-refractivity contribution in [1.29, 1.82) is 0 Å². The minimum Gasteiger partial charge on any atom is -0.308 e. The number of hydrogen-bond acceptors (Lipinski definition) is 2. The molecule has 1 aromatic heterocycles. The molecule has 1 aliphatic carbocycles. The molecule has 3 heteroatoms. The molecule has 0 spiro atoms. The molecule has 0 atom stereocenters. The summed E-state index contributed by atoms with van der Waals surface area (Å²) in [4.78, 5) is 0. The van der Waals surface area contributed by atoms with Crippen molar-refractivity contribution in [3.8, 4) is 0 Å². The molecule has 1 fully saturated rings. The van der Waals surface area contributed by atoms with E-state index in [2.05, 4.69) is 41.2 Å². The van der Waals surface area contributed by atoms with Crippen molar-refractivity contribution in [2.75, 3.05) is 0 Å². The van der Waals surface area contributed by atoms with E-state index < -0.39 is 0 Å². The fourth-order valence-electron chi connectivity index (χ4n) is 2.24. The van der Waals surface area contributed by atoms with E-state index in [9.17, 15) is 0 Å². The summed E-state index contributed by atoms with van der Waals surface area (Å²) in [5.74, 6) is 0. The van der Waals surface area contributed by atoms with Gasteiger partial charge >= 0.3 is 0 Å². The summed E-state index contributed by atoms with van der Waals surface area (Å²) in [6.45, 7) is 4.10.